The zero-order valence-corrected chi connectivity index (χ0v) is 10.9. The molecule has 0 saturated heterocycles. The van der Waals surface area contributed by atoms with Crippen LogP contribution in [0.15, 0.2) is 18.2 Å². The van der Waals surface area contributed by atoms with E-state index in [2.05, 4.69) is 6.92 Å². The van der Waals surface area contributed by atoms with E-state index < -0.39 is 0 Å². The van der Waals surface area contributed by atoms with Crippen molar-refractivity contribution >= 4 is 11.6 Å². The van der Waals surface area contributed by atoms with Gasteiger partial charge in [0.25, 0.3) is 0 Å². The molecule has 2 nitrogen and oxygen atoms in total. The van der Waals surface area contributed by atoms with Crippen LogP contribution in [0.2, 0.25) is 0 Å². The zero-order chi connectivity index (χ0) is 12.9. The summed E-state index contributed by atoms with van der Waals surface area (Å²) in [5.41, 5.74) is 2.37. The molecule has 1 saturated carbocycles. The van der Waals surface area contributed by atoms with Crippen molar-refractivity contribution in [1.82, 2.24) is 0 Å². The van der Waals surface area contributed by atoms with Crippen LogP contribution in [-0.4, -0.2) is 11.6 Å². The number of hydrogen-bond donors (Lipinski definition) is 0. The molecule has 1 fully saturated rings. The first-order chi connectivity index (χ1) is 8.58. The number of carbonyl (C=O) groups excluding carboxylic acids is 2. The van der Waals surface area contributed by atoms with E-state index in [0.717, 1.165) is 24.8 Å². The molecule has 0 N–H and O–H groups in total. The number of benzene rings is 1. The molecule has 0 heterocycles. The second-order valence-electron chi connectivity index (χ2n) is 5.91. The van der Waals surface area contributed by atoms with Crippen LogP contribution in [0.5, 0.6) is 0 Å². The number of aryl methyl sites for hydroxylation is 1. The topological polar surface area (TPSA) is 34.1 Å². The second-order valence-corrected chi connectivity index (χ2v) is 5.91. The van der Waals surface area contributed by atoms with Crippen LogP contribution >= 0.6 is 0 Å². The lowest BCUT2D eigenvalue weighted by Crippen LogP contribution is -2.40. The van der Waals surface area contributed by atoms with Gasteiger partial charge in [0.2, 0.25) is 0 Å². The summed E-state index contributed by atoms with van der Waals surface area (Å²) >= 11 is 0. The molecule has 0 aliphatic heterocycles. The molecule has 0 spiro atoms. The second kappa shape index (κ2) is 4.04. The van der Waals surface area contributed by atoms with Crippen molar-refractivity contribution in [2.45, 2.75) is 33.1 Å². The predicted octanol–water partition coefficient (Wildman–Crippen LogP) is 3.43. The molecule has 2 heteroatoms. The quantitative estimate of drug-likeness (QED) is 0.698. The molecule has 0 amide bonds. The molecule has 3 rings (SSSR count). The Kier molecular flexibility index (Phi) is 2.61. The van der Waals surface area contributed by atoms with Gasteiger partial charge in [-0.2, -0.15) is 0 Å². The average molecular weight is 242 g/mol. The highest BCUT2D eigenvalue weighted by Crippen LogP contribution is 2.41. The summed E-state index contributed by atoms with van der Waals surface area (Å²) in [6.07, 6.45) is 2.83. The number of carbonyl (C=O) groups is 2. The van der Waals surface area contributed by atoms with E-state index in [1.807, 2.05) is 25.1 Å². The Morgan fingerprint density at radius 2 is 1.72 bits per heavy atom. The largest absolute Gasteiger partial charge is 0.294 e. The summed E-state index contributed by atoms with van der Waals surface area (Å²) in [7, 11) is 0. The van der Waals surface area contributed by atoms with E-state index in [1.165, 1.54) is 0 Å². The lowest BCUT2D eigenvalue weighted by Gasteiger charge is -2.36. The highest BCUT2D eigenvalue weighted by Gasteiger charge is 2.43. The van der Waals surface area contributed by atoms with Crippen LogP contribution in [0, 0.1) is 24.7 Å². The van der Waals surface area contributed by atoms with Crippen molar-refractivity contribution in [2.24, 2.45) is 17.8 Å². The van der Waals surface area contributed by atoms with E-state index in [0.29, 0.717) is 17.0 Å². The first-order valence-corrected chi connectivity index (χ1v) is 6.77. The van der Waals surface area contributed by atoms with Crippen molar-refractivity contribution in [1.29, 1.82) is 0 Å². The van der Waals surface area contributed by atoms with Crippen molar-refractivity contribution in [3.63, 3.8) is 0 Å². The molecule has 0 radical (unpaired) electrons. The molecule has 3 unspecified atom stereocenters. The van der Waals surface area contributed by atoms with Crippen LogP contribution < -0.4 is 0 Å². The van der Waals surface area contributed by atoms with Gasteiger partial charge in [-0.25, -0.2) is 0 Å². The minimum Gasteiger partial charge on any atom is -0.294 e. The summed E-state index contributed by atoms with van der Waals surface area (Å²) in [4.78, 5) is 25.0. The van der Waals surface area contributed by atoms with Gasteiger partial charge in [-0.15, -0.1) is 0 Å². The Bertz CT molecular complexity index is 530. The third kappa shape index (κ3) is 1.63. The van der Waals surface area contributed by atoms with Gasteiger partial charge < -0.3 is 0 Å². The third-order valence-electron chi connectivity index (χ3n) is 4.49. The smallest absolute Gasteiger partial charge is 0.167 e. The zero-order valence-electron chi connectivity index (χ0n) is 10.9. The summed E-state index contributed by atoms with van der Waals surface area (Å²) < 4.78 is 0. The third-order valence-corrected chi connectivity index (χ3v) is 4.49. The SMILES string of the molecule is Cc1ccc2c(c1)C(=O)C1CC(C)CCC1C2=O. The lowest BCUT2D eigenvalue weighted by molar-refractivity contribution is 0.0638. The van der Waals surface area contributed by atoms with E-state index >= 15 is 0 Å². The molecule has 2 aliphatic rings. The van der Waals surface area contributed by atoms with Crippen LogP contribution in [-0.2, 0) is 0 Å². The standard InChI is InChI=1S/C16H18O2/c1-9-3-5-11-13(7-9)16(18)14-8-10(2)4-6-12(14)15(11)17/h3,5,7,10,12,14H,4,6,8H2,1-2H3. The van der Waals surface area contributed by atoms with Gasteiger partial charge in [0.1, 0.15) is 0 Å². The fourth-order valence-corrected chi connectivity index (χ4v) is 3.46. The fraction of sp³-hybridized carbons (Fsp3) is 0.500. The number of rotatable bonds is 0. The maximum Gasteiger partial charge on any atom is 0.167 e. The maximum atomic E-state index is 12.5. The lowest BCUT2D eigenvalue weighted by atomic mass is 9.65. The highest BCUT2D eigenvalue weighted by molar-refractivity contribution is 6.16. The maximum absolute atomic E-state index is 12.5. The molecule has 18 heavy (non-hydrogen) atoms. The van der Waals surface area contributed by atoms with Crippen LogP contribution in [0.1, 0.15) is 52.5 Å². The number of fused-ring (bicyclic) bond motifs is 2. The molecule has 94 valence electrons. The highest BCUT2D eigenvalue weighted by atomic mass is 16.1. The Morgan fingerprint density at radius 3 is 2.50 bits per heavy atom. The van der Waals surface area contributed by atoms with Crippen molar-refractivity contribution in [3.05, 3.63) is 34.9 Å². The van der Waals surface area contributed by atoms with Gasteiger partial charge in [0.05, 0.1) is 0 Å². The first kappa shape index (κ1) is 11.6. The molecular formula is C16H18O2. The van der Waals surface area contributed by atoms with Gasteiger partial charge >= 0.3 is 0 Å². The molecule has 0 aromatic heterocycles. The number of ketones is 2. The Balaban J connectivity index is 2.09. The van der Waals surface area contributed by atoms with Gasteiger partial charge in [-0.1, -0.05) is 24.6 Å². The van der Waals surface area contributed by atoms with E-state index in [4.69, 9.17) is 0 Å². The molecular weight excluding hydrogens is 224 g/mol. The Labute approximate surface area is 107 Å². The van der Waals surface area contributed by atoms with E-state index in [1.54, 1.807) is 0 Å². The van der Waals surface area contributed by atoms with Crippen LogP contribution in [0.3, 0.4) is 0 Å². The molecule has 2 aliphatic carbocycles. The summed E-state index contributed by atoms with van der Waals surface area (Å²) in [5, 5.41) is 0. The van der Waals surface area contributed by atoms with Crippen molar-refractivity contribution < 1.29 is 9.59 Å². The van der Waals surface area contributed by atoms with Crippen molar-refractivity contribution in [2.75, 3.05) is 0 Å². The van der Waals surface area contributed by atoms with Gasteiger partial charge in [-0.05, 0) is 38.2 Å². The predicted molar refractivity (Wildman–Crippen MR) is 69.8 cm³/mol. The monoisotopic (exact) mass is 242 g/mol. The van der Waals surface area contributed by atoms with Crippen LogP contribution in [0.4, 0.5) is 0 Å². The van der Waals surface area contributed by atoms with E-state index in [9.17, 15) is 9.59 Å². The normalized spacial score (nSPS) is 30.9. The minimum absolute atomic E-state index is 0.0519. The van der Waals surface area contributed by atoms with Gasteiger partial charge in [0.15, 0.2) is 11.6 Å². The summed E-state index contributed by atoms with van der Waals surface area (Å²) in [6, 6.07) is 5.64. The summed E-state index contributed by atoms with van der Waals surface area (Å²) in [5.74, 6) is 0.847. The minimum atomic E-state index is -0.0597. The van der Waals surface area contributed by atoms with Crippen LogP contribution in [0.25, 0.3) is 0 Å². The molecule has 1 aromatic rings. The average Bonchev–Trinajstić information content (AvgIpc) is 2.35. The van der Waals surface area contributed by atoms with E-state index in [-0.39, 0.29) is 23.4 Å². The van der Waals surface area contributed by atoms with Gasteiger partial charge in [-0.3, -0.25) is 9.59 Å². The number of hydrogen-bond acceptors (Lipinski definition) is 2. The Morgan fingerprint density at radius 1 is 1.00 bits per heavy atom. The fourth-order valence-electron chi connectivity index (χ4n) is 3.46. The Hall–Kier alpha value is -1.44. The molecule has 3 atom stereocenters. The van der Waals surface area contributed by atoms with Crippen molar-refractivity contribution in [3.8, 4) is 0 Å². The molecule has 0 bridgehead atoms. The van der Waals surface area contributed by atoms with Gasteiger partial charge in [0, 0.05) is 23.0 Å². The number of Topliss-reactive ketones (excluding diaryl/α,β-unsaturated/α-hetero) is 2. The molecule has 1 aromatic carbocycles. The first-order valence-electron chi connectivity index (χ1n) is 6.77. The summed E-state index contributed by atoms with van der Waals surface area (Å²) in [6.45, 7) is 4.15.